The van der Waals surface area contributed by atoms with Gasteiger partial charge in [0.05, 0.1) is 0 Å². The maximum Gasteiger partial charge on any atom is 0.276 e. The first-order valence-corrected chi connectivity index (χ1v) is 10.4. The summed E-state index contributed by atoms with van der Waals surface area (Å²) in [6.07, 6.45) is 3.07. The van der Waals surface area contributed by atoms with Crippen molar-refractivity contribution < 1.29 is 8.42 Å². The zero-order valence-corrected chi connectivity index (χ0v) is 16.0. The van der Waals surface area contributed by atoms with Crippen LogP contribution in [-0.2, 0) is 10.2 Å². The highest BCUT2D eigenvalue weighted by molar-refractivity contribution is 7.86. The van der Waals surface area contributed by atoms with Crippen LogP contribution in [0.15, 0.2) is 18.3 Å². The molecule has 3 aromatic rings. The summed E-state index contributed by atoms with van der Waals surface area (Å²) in [5.41, 5.74) is 2.48. The predicted octanol–water partition coefficient (Wildman–Crippen LogP) is 1.04. The SMILES string of the molecule is CC(C)n1nnc2ccc3cnc(NC4CCN(S(N)(=O)=O)CC4)nc3c21. The van der Waals surface area contributed by atoms with E-state index in [0.717, 1.165) is 21.9 Å². The molecule has 1 fully saturated rings. The Labute approximate surface area is 156 Å². The quantitative estimate of drug-likeness (QED) is 0.680. The topological polar surface area (TPSA) is 132 Å². The molecule has 0 bridgehead atoms. The van der Waals surface area contributed by atoms with Crippen LogP contribution < -0.4 is 10.5 Å². The van der Waals surface area contributed by atoms with E-state index in [1.165, 1.54) is 4.31 Å². The molecule has 3 heterocycles. The van der Waals surface area contributed by atoms with E-state index < -0.39 is 10.2 Å². The number of nitrogens with two attached hydrogens (primary N) is 1. The van der Waals surface area contributed by atoms with E-state index in [0.29, 0.717) is 31.9 Å². The molecule has 1 aromatic carbocycles. The molecule has 4 rings (SSSR count). The van der Waals surface area contributed by atoms with Gasteiger partial charge in [-0.3, -0.25) is 0 Å². The summed E-state index contributed by atoms with van der Waals surface area (Å²) in [5.74, 6) is 0.514. The summed E-state index contributed by atoms with van der Waals surface area (Å²) in [5, 5.41) is 17.9. The van der Waals surface area contributed by atoms with Gasteiger partial charge in [-0.2, -0.15) is 12.7 Å². The molecule has 3 N–H and O–H groups in total. The highest BCUT2D eigenvalue weighted by Crippen LogP contribution is 2.25. The largest absolute Gasteiger partial charge is 0.351 e. The van der Waals surface area contributed by atoms with Gasteiger partial charge in [-0.05, 0) is 38.8 Å². The average molecular weight is 390 g/mol. The van der Waals surface area contributed by atoms with Crippen LogP contribution in [-0.4, -0.2) is 56.8 Å². The molecule has 144 valence electrons. The Bertz CT molecular complexity index is 1090. The summed E-state index contributed by atoms with van der Waals surface area (Å²) in [7, 11) is -3.62. The van der Waals surface area contributed by atoms with Crippen molar-refractivity contribution >= 4 is 38.1 Å². The Balaban J connectivity index is 1.62. The maximum absolute atomic E-state index is 11.4. The highest BCUT2D eigenvalue weighted by atomic mass is 32.2. The van der Waals surface area contributed by atoms with Crippen LogP contribution in [0, 0.1) is 0 Å². The molecular weight excluding hydrogens is 368 g/mol. The van der Waals surface area contributed by atoms with Crippen molar-refractivity contribution in [3.63, 3.8) is 0 Å². The molecule has 2 aromatic heterocycles. The van der Waals surface area contributed by atoms with Crippen molar-refractivity contribution in [2.45, 2.75) is 38.8 Å². The third-order valence-corrected chi connectivity index (χ3v) is 5.90. The number of benzene rings is 1. The van der Waals surface area contributed by atoms with Crippen LogP contribution >= 0.6 is 0 Å². The van der Waals surface area contributed by atoms with Crippen molar-refractivity contribution in [1.29, 1.82) is 0 Å². The van der Waals surface area contributed by atoms with Gasteiger partial charge in [0.2, 0.25) is 5.95 Å². The molecule has 1 aliphatic rings. The minimum Gasteiger partial charge on any atom is -0.351 e. The molecule has 0 saturated carbocycles. The molecule has 0 spiro atoms. The third kappa shape index (κ3) is 3.45. The van der Waals surface area contributed by atoms with Crippen LogP contribution in [0.2, 0.25) is 0 Å². The zero-order valence-electron chi connectivity index (χ0n) is 15.2. The van der Waals surface area contributed by atoms with E-state index >= 15 is 0 Å². The van der Waals surface area contributed by atoms with Gasteiger partial charge >= 0.3 is 0 Å². The van der Waals surface area contributed by atoms with Gasteiger partial charge in [0.15, 0.2) is 0 Å². The fourth-order valence-electron chi connectivity index (χ4n) is 3.39. The van der Waals surface area contributed by atoms with Crippen molar-refractivity contribution in [3.05, 3.63) is 18.3 Å². The van der Waals surface area contributed by atoms with Crippen LogP contribution in [0.3, 0.4) is 0 Å². The Kier molecular flexibility index (Phi) is 4.44. The summed E-state index contributed by atoms with van der Waals surface area (Å²) in [6.45, 7) is 4.87. The van der Waals surface area contributed by atoms with E-state index in [2.05, 4.69) is 20.6 Å². The number of hydrogen-bond donors (Lipinski definition) is 2. The number of anilines is 1. The lowest BCUT2D eigenvalue weighted by Gasteiger charge is -2.30. The van der Waals surface area contributed by atoms with Crippen molar-refractivity contribution in [2.24, 2.45) is 5.14 Å². The molecule has 0 amide bonds. The van der Waals surface area contributed by atoms with Crippen LogP contribution in [0.5, 0.6) is 0 Å². The molecule has 27 heavy (non-hydrogen) atoms. The fourth-order valence-corrected chi connectivity index (χ4v) is 4.11. The van der Waals surface area contributed by atoms with Crippen molar-refractivity contribution in [3.8, 4) is 0 Å². The second-order valence-electron chi connectivity index (χ2n) is 7.06. The Morgan fingerprint density at radius 1 is 1.26 bits per heavy atom. The van der Waals surface area contributed by atoms with Gasteiger partial charge in [0.1, 0.15) is 16.6 Å². The van der Waals surface area contributed by atoms with E-state index in [-0.39, 0.29) is 12.1 Å². The van der Waals surface area contributed by atoms with Crippen LogP contribution in [0.4, 0.5) is 5.95 Å². The second-order valence-corrected chi connectivity index (χ2v) is 8.60. The summed E-state index contributed by atoms with van der Waals surface area (Å²) < 4.78 is 26.0. The summed E-state index contributed by atoms with van der Waals surface area (Å²) in [6, 6.07) is 4.11. The van der Waals surface area contributed by atoms with Crippen molar-refractivity contribution in [1.82, 2.24) is 29.3 Å². The van der Waals surface area contributed by atoms with Gasteiger partial charge in [-0.1, -0.05) is 5.21 Å². The van der Waals surface area contributed by atoms with Gasteiger partial charge in [-0.15, -0.1) is 5.10 Å². The maximum atomic E-state index is 11.4. The first kappa shape index (κ1) is 18.0. The fraction of sp³-hybridized carbons (Fsp3) is 0.500. The first-order valence-electron chi connectivity index (χ1n) is 8.88. The van der Waals surface area contributed by atoms with E-state index in [4.69, 9.17) is 10.1 Å². The molecule has 11 heteroatoms. The molecule has 0 aliphatic carbocycles. The van der Waals surface area contributed by atoms with Gasteiger partial charge < -0.3 is 5.32 Å². The number of rotatable bonds is 4. The van der Waals surface area contributed by atoms with Gasteiger partial charge in [0, 0.05) is 36.8 Å². The first-order chi connectivity index (χ1) is 12.8. The molecule has 0 unspecified atom stereocenters. The number of aromatic nitrogens is 5. The van der Waals surface area contributed by atoms with Crippen LogP contribution in [0.1, 0.15) is 32.7 Å². The minimum absolute atomic E-state index is 0.0905. The Morgan fingerprint density at radius 3 is 2.67 bits per heavy atom. The van der Waals surface area contributed by atoms with E-state index in [9.17, 15) is 8.42 Å². The second kappa shape index (κ2) is 6.66. The van der Waals surface area contributed by atoms with Gasteiger partial charge in [-0.25, -0.2) is 19.8 Å². The molecule has 0 radical (unpaired) electrons. The number of piperidine rings is 1. The standard InChI is InChI=1S/C16H22N8O2S/c1-10(2)24-15-13(21-22-24)4-3-11-9-18-16(20-14(11)15)19-12-5-7-23(8-6-12)27(17,25)26/h3-4,9-10,12H,5-8H2,1-2H3,(H2,17,25,26)(H,18,19,20). The molecular formula is C16H22N8O2S. The monoisotopic (exact) mass is 390 g/mol. The highest BCUT2D eigenvalue weighted by Gasteiger charge is 2.25. The molecule has 0 atom stereocenters. The predicted molar refractivity (Wildman–Crippen MR) is 102 cm³/mol. The Hall–Kier alpha value is -2.37. The summed E-state index contributed by atoms with van der Waals surface area (Å²) in [4.78, 5) is 9.11. The zero-order chi connectivity index (χ0) is 19.2. The smallest absolute Gasteiger partial charge is 0.276 e. The number of nitrogens with one attached hydrogen (secondary N) is 1. The minimum atomic E-state index is -3.62. The molecule has 1 saturated heterocycles. The van der Waals surface area contributed by atoms with Gasteiger partial charge in [0.25, 0.3) is 10.2 Å². The normalized spacial score (nSPS) is 17.2. The van der Waals surface area contributed by atoms with E-state index in [1.54, 1.807) is 6.20 Å². The van der Waals surface area contributed by atoms with Crippen molar-refractivity contribution in [2.75, 3.05) is 18.4 Å². The lowest BCUT2D eigenvalue weighted by atomic mass is 10.1. The lowest BCUT2D eigenvalue weighted by Crippen LogP contribution is -2.45. The average Bonchev–Trinajstić information content (AvgIpc) is 3.06. The Morgan fingerprint density at radius 2 is 2.00 bits per heavy atom. The summed E-state index contributed by atoms with van der Waals surface area (Å²) >= 11 is 0. The third-order valence-electron chi connectivity index (χ3n) is 4.82. The molecule has 10 nitrogen and oxygen atoms in total. The lowest BCUT2D eigenvalue weighted by molar-refractivity contribution is 0.329. The number of nitrogens with zero attached hydrogens (tertiary/aromatic N) is 6. The number of hydrogen-bond acceptors (Lipinski definition) is 7. The van der Waals surface area contributed by atoms with E-state index in [1.807, 2.05) is 30.7 Å². The van der Waals surface area contributed by atoms with Crippen LogP contribution in [0.25, 0.3) is 21.9 Å². The number of fused-ring (bicyclic) bond motifs is 3. The molecule has 1 aliphatic heterocycles.